The van der Waals surface area contributed by atoms with Crippen LogP contribution in [-0.2, 0) is 19.3 Å². The lowest BCUT2D eigenvalue weighted by molar-refractivity contribution is 0.646. The molecule has 0 aliphatic heterocycles. The molecule has 0 amide bonds. The highest BCUT2D eigenvalue weighted by molar-refractivity contribution is 9.10. The molecule has 0 saturated carbocycles. The molecule has 4 heteroatoms. The minimum absolute atomic E-state index is 0.227. The summed E-state index contributed by atoms with van der Waals surface area (Å²) in [5.74, 6) is 0. The van der Waals surface area contributed by atoms with E-state index in [0.29, 0.717) is 0 Å². The molecule has 0 fully saturated rings. The van der Waals surface area contributed by atoms with Crippen LogP contribution in [-0.4, -0.2) is 15.8 Å². The molecular formula is C17H24BrN3. The van der Waals surface area contributed by atoms with E-state index in [0.717, 1.165) is 41.5 Å². The van der Waals surface area contributed by atoms with E-state index in [2.05, 4.69) is 61.0 Å². The molecule has 0 bridgehead atoms. The van der Waals surface area contributed by atoms with Gasteiger partial charge < -0.3 is 5.73 Å². The van der Waals surface area contributed by atoms with Crippen molar-refractivity contribution < 1.29 is 0 Å². The third kappa shape index (κ3) is 3.74. The first kappa shape index (κ1) is 16.2. The summed E-state index contributed by atoms with van der Waals surface area (Å²) < 4.78 is 3.12. The Hall–Kier alpha value is -1.13. The molecule has 1 unspecified atom stereocenters. The fourth-order valence-corrected chi connectivity index (χ4v) is 3.00. The number of aryl methyl sites for hydroxylation is 2. The number of nitrogens with two attached hydrogens (primary N) is 1. The molecule has 1 atom stereocenters. The van der Waals surface area contributed by atoms with E-state index in [1.165, 1.54) is 11.3 Å². The highest BCUT2D eigenvalue weighted by Crippen LogP contribution is 2.25. The van der Waals surface area contributed by atoms with Crippen molar-refractivity contribution in [2.24, 2.45) is 5.73 Å². The van der Waals surface area contributed by atoms with Crippen LogP contribution in [0.25, 0.3) is 5.69 Å². The lowest BCUT2D eigenvalue weighted by atomic mass is 10.0. The molecule has 2 N–H and O–H groups in total. The van der Waals surface area contributed by atoms with Crippen molar-refractivity contribution in [1.82, 2.24) is 9.78 Å². The van der Waals surface area contributed by atoms with Crippen LogP contribution in [0.1, 0.15) is 44.1 Å². The zero-order chi connectivity index (χ0) is 15.4. The molecule has 0 spiro atoms. The summed E-state index contributed by atoms with van der Waals surface area (Å²) in [5.41, 5.74) is 10.8. The zero-order valence-electron chi connectivity index (χ0n) is 13.1. The monoisotopic (exact) mass is 349 g/mol. The van der Waals surface area contributed by atoms with Crippen LogP contribution in [0.5, 0.6) is 0 Å². The summed E-state index contributed by atoms with van der Waals surface area (Å²) in [5, 5.41) is 4.70. The molecule has 0 aliphatic rings. The van der Waals surface area contributed by atoms with Gasteiger partial charge in [0, 0.05) is 16.2 Å². The quantitative estimate of drug-likeness (QED) is 0.855. The maximum Gasteiger partial charge on any atom is 0.0791 e. The van der Waals surface area contributed by atoms with Gasteiger partial charge in [0.05, 0.1) is 11.4 Å². The topological polar surface area (TPSA) is 43.8 Å². The van der Waals surface area contributed by atoms with Gasteiger partial charge in [-0.15, -0.1) is 0 Å². The van der Waals surface area contributed by atoms with Crippen LogP contribution >= 0.6 is 15.9 Å². The standard InChI is InChI=1S/C17H24BrN3/c1-4-13(19)9-12-7-8-17(16(18)10-12)21-15(6-3)11-14(5-2)20-21/h7-8,10-11,13H,4-6,9,19H2,1-3H3. The van der Waals surface area contributed by atoms with Crippen LogP contribution in [0.15, 0.2) is 28.7 Å². The van der Waals surface area contributed by atoms with Gasteiger partial charge in [0.1, 0.15) is 0 Å². The maximum absolute atomic E-state index is 6.04. The van der Waals surface area contributed by atoms with Gasteiger partial charge in [-0.25, -0.2) is 4.68 Å². The summed E-state index contributed by atoms with van der Waals surface area (Å²) in [6.07, 6.45) is 3.84. The molecule has 0 aliphatic carbocycles. The Morgan fingerprint density at radius 2 is 1.95 bits per heavy atom. The predicted octanol–water partition coefficient (Wildman–Crippen LogP) is 4.04. The van der Waals surface area contributed by atoms with Crippen molar-refractivity contribution in [1.29, 1.82) is 0 Å². The average molecular weight is 350 g/mol. The minimum atomic E-state index is 0.227. The van der Waals surface area contributed by atoms with Crippen molar-refractivity contribution in [3.8, 4) is 5.69 Å². The van der Waals surface area contributed by atoms with E-state index >= 15 is 0 Å². The van der Waals surface area contributed by atoms with Gasteiger partial charge in [-0.1, -0.05) is 26.8 Å². The van der Waals surface area contributed by atoms with Crippen molar-refractivity contribution in [2.75, 3.05) is 0 Å². The molecule has 1 aromatic heterocycles. The third-order valence-electron chi connectivity index (χ3n) is 3.82. The van der Waals surface area contributed by atoms with Crippen molar-refractivity contribution in [3.05, 3.63) is 45.7 Å². The Balaban J connectivity index is 2.34. The molecule has 0 radical (unpaired) electrons. The van der Waals surface area contributed by atoms with Crippen molar-refractivity contribution in [2.45, 2.75) is 52.5 Å². The Morgan fingerprint density at radius 1 is 1.19 bits per heavy atom. The first-order valence-electron chi connectivity index (χ1n) is 7.71. The van der Waals surface area contributed by atoms with Gasteiger partial charge in [-0.2, -0.15) is 5.10 Å². The van der Waals surface area contributed by atoms with Gasteiger partial charge >= 0.3 is 0 Å². The highest BCUT2D eigenvalue weighted by Gasteiger charge is 2.11. The van der Waals surface area contributed by atoms with Crippen LogP contribution in [0.3, 0.4) is 0 Å². The molecule has 114 valence electrons. The second-order valence-corrected chi connectivity index (χ2v) is 6.26. The van der Waals surface area contributed by atoms with E-state index in [-0.39, 0.29) is 6.04 Å². The summed E-state index contributed by atoms with van der Waals surface area (Å²) >= 11 is 3.69. The SMILES string of the molecule is CCc1cc(CC)n(-c2ccc(CC(N)CC)cc2Br)n1. The second-order valence-electron chi connectivity index (χ2n) is 5.40. The van der Waals surface area contributed by atoms with E-state index in [4.69, 9.17) is 10.8 Å². The fourth-order valence-electron chi connectivity index (χ4n) is 2.40. The van der Waals surface area contributed by atoms with Crippen molar-refractivity contribution >= 4 is 15.9 Å². The second kappa shape index (κ2) is 7.23. The van der Waals surface area contributed by atoms with Crippen LogP contribution in [0.4, 0.5) is 0 Å². The van der Waals surface area contributed by atoms with Crippen LogP contribution < -0.4 is 5.73 Å². The van der Waals surface area contributed by atoms with E-state index < -0.39 is 0 Å². The first-order valence-corrected chi connectivity index (χ1v) is 8.50. The smallest absolute Gasteiger partial charge is 0.0791 e. The van der Waals surface area contributed by atoms with E-state index in [1.807, 2.05) is 4.68 Å². The largest absolute Gasteiger partial charge is 0.327 e. The molecule has 0 saturated heterocycles. The van der Waals surface area contributed by atoms with E-state index in [1.54, 1.807) is 0 Å². The average Bonchev–Trinajstić information content (AvgIpc) is 2.90. The number of hydrogen-bond donors (Lipinski definition) is 1. The normalized spacial score (nSPS) is 12.6. The van der Waals surface area contributed by atoms with Gasteiger partial charge in [0.15, 0.2) is 0 Å². The number of nitrogens with zero attached hydrogens (tertiary/aromatic N) is 2. The molecule has 1 aromatic carbocycles. The minimum Gasteiger partial charge on any atom is -0.327 e. The summed E-state index contributed by atoms with van der Waals surface area (Å²) in [6, 6.07) is 8.87. The number of hydrogen-bond acceptors (Lipinski definition) is 2. The third-order valence-corrected chi connectivity index (χ3v) is 4.46. The van der Waals surface area contributed by atoms with Crippen LogP contribution in [0, 0.1) is 0 Å². The number of benzene rings is 1. The Kier molecular flexibility index (Phi) is 5.59. The zero-order valence-corrected chi connectivity index (χ0v) is 14.7. The summed E-state index contributed by atoms with van der Waals surface area (Å²) in [7, 11) is 0. The summed E-state index contributed by atoms with van der Waals surface area (Å²) in [4.78, 5) is 0. The first-order chi connectivity index (χ1) is 10.1. The molecule has 3 nitrogen and oxygen atoms in total. The molecule has 2 rings (SSSR count). The van der Waals surface area contributed by atoms with Gasteiger partial charge in [0.25, 0.3) is 0 Å². The lowest BCUT2D eigenvalue weighted by Gasteiger charge is -2.12. The van der Waals surface area contributed by atoms with Crippen LogP contribution in [0.2, 0.25) is 0 Å². The number of halogens is 1. The summed E-state index contributed by atoms with van der Waals surface area (Å²) in [6.45, 7) is 6.42. The highest BCUT2D eigenvalue weighted by atomic mass is 79.9. The molecular weight excluding hydrogens is 326 g/mol. The van der Waals surface area contributed by atoms with Gasteiger partial charge in [-0.3, -0.25) is 0 Å². The maximum atomic E-state index is 6.04. The molecule has 1 heterocycles. The number of aromatic nitrogens is 2. The Morgan fingerprint density at radius 3 is 2.52 bits per heavy atom. The molecule has 2 aromatic rings. The Labute approximate surface area is 135 Å². The Bertz CT molecular complexity index is 604. The number of rotatable bonds is 6. The van der Waals surface area contributed by atoms with Gasteiger partial charge in [0.2, 0.25) is 0 Å². The molecule has 21 heavy (non-hydrogen) atoms. The predicted molar refractivity (Wildman–Crippen MR) is 92.0 cm³/mol. The lowest BCUT2D eigenvalue weighted by Crippen LogP contribution is -2.21. The van der Waals surface area contributed by atoms with Gasteiger partial charge in [-0.05, 0) is 65.4 Å². The fraction of sp³-hybridized carbons (Fsp3) is 0.471. The van der Waals surface area contributed by atoms with Crippen molar-refractivity contribution in [3.63, 3.8) is 0 Å². The van der Waals surface area contributed by atoms with E-state index in [9.17, 15) is 0 Å².